The lowest BCUT2D eigenvalue weighted by Crippen LogP contribution is -2.31. The van der Waals surface area contributed by atoms with Crippen molar-refractivity contribution in [3.05, 3.63) is 130 Å². The van der Waals surface area contributed by atoms with E-state index in [2.05, 4.69) is 99.4 Å². The Morgan fingerprint density at radius 1 is 0.700 bits per heavy atom. The Kier molecular flexibility index (Phi) is 4.64. The smallest absolute Gasteiger partial charge is 0.304 e. The van der Waals surface area contributed by atoms with E-state index in [0.29, 0.717) is 5.69 Å². The molecule has 1 aliphatic rings. The highest BCUT2D eigenvalue weighted by Crippen LogP contribution is 2.49. The molecule has 0 bridgehead atoms. The molecule has 0 aliphatic carbocycles. The molecule has 0 aromatic heterocycles. The van der Waals surface area contributed by atoms with Gasteiger partial charge in [-0.3, -0.25) is 0 Å². The number of hydrogen-bond acceptors (Lipinski definition) is 1. The maximum absolute atomic E-state index is 11.9. The molecule has 145 valence electrons. The summed E-state index contributed by atoms with van der Waals surface area (Å²) >= 11 is 3.80. The fourth-order valence-corrected chi connectivity index (χ4v) is 4.95. The summed E-state index contributed by atoms with van der Waals surface area (Å²) in [6, 6.07) is 35.0. The summed E-state index contributed by atoms with van der Waals surface area (Å²) in [4.78, 5) is 11.9. The summed E-state index contributed by atoms with van der Waals surface area (Å²) < 4.78 is 0.901. The summed E-state index contributed by atoms with van der Waals surface area (Å²) in [6.45, 7) is 0. The Bertz CT molecular complexity index is 1110. The minimum atomic E-state index is -0.578. The molecule has 4 heteroatoms. The molecule has 1 heterocycles. The number of benzene rings is 4. The summed E-state index contributed by atoms with van der Waals surface area (Å²) in [5, 5.41) is 6.94. The highest BCUT2D eigenvalue weighted by atomic mass is 79.9. The molecule has 2 amide bonds. The van der Waals surface area contributed by atoms with Crippen LogP contribution in [0.2, 0.25) is 0 Å². The number of nitrogens with zero attached hydrogens (tertiary/aromatic N) is 1. The van der Waals surface area contributed by atoms with E-state index in [1.807, 2.05) is 30.3 Å². The molecule has 0 unspecified atom stereocenters. The van der Waals surface area contributed by atoms with Crippen LogP contribution >= 0.6 is 15.9 Å². The molecule has 1 N–H and O–H groups in total. The Labute approximate surface area is 183 Å². The highest BCUT2D eigenvalue weighted by molar-refractivity contribution is 9.10. The molecule has 1 radical (unpaired) electrons. The number of halogens is 1. The maximum atomic E-state index is 11.9. The fraction of sp³-hybridized carbons (Fsp3) is 0.0385. The van der Waals surface area contributed by atoms with Gasteiger partial charge in [-0.25, -0.2) is 4.79 Å². The van der Waals surface area contributed by atoms with E-state index >= 15 is 0 Å². The molecule has 0 spiro atoms. The molecule has 4 aromatic rings. The summed E-state index contributed by atoms with van der Waals surface area (Å²) in [6.07, 6.45) is 0. The van der Waals surface area contributed by atoms with Crippen molar-refractivity contribution in [1.29, 1.82) is 0 Å². The van der Waals surface area contributed by atoms with Crippen molar-refractivity contribution in [2.24, 2.45) is 0 Å². The van der Waals surface area contributed by atoms with E-state index in [-0.39, 0.29) is 6.03 Å². The standard InChI is InChI=1S/C26H18BrN2O/c27-22-17-24-23(28-25(30)29-24)16-21(22)26(18-10-4-1-5-11-18,19-12-6-2-7-13-19)20-14-8-3-9-15-20/h1-17H,(H,28,30). The summed E-state index contributed by atoms with van der Waals surface area (Å²) in [5.74, 6) is 0. The van der Waals surface area contributed by atoms with Gasteiger partial charge in [-0.05, 0) is 34.4 Å². The van der Waals surface area contributed by atoms with E-state index in [1.54, 1.807) is 0 Å². The van der Waals surface area contributed by atoms with Crippen LogP contribution in [0.15, 0.2) is 108 Å². The quantitative estimate of drug-likeness (QED) is 0.347. The van der Waals surface area contributed by atoms with Crippen molar-refractivity contribution in [3.8, 4) is 0 Å². The van der Waals surface area contributed by atoms with Gasteiger partial charge in [0, 0.05) is 4.47 Å². The zero-order valence-corrected chi connectivity index (χ0v) is 17.6. The van der Waals surface area contributed by atoms with Gasteiger partial charge in [0.2, 0.25) is 0 Å². The molecule has 0 fully saturated rings. The van der Waals surface area contributed by atoms with Crippen LogP contribution in [0.25, 0.3) is 0 Å². The number of fused-ring (bicyclic) bond motifs is 1. The third-order valence-electron chi connectivity index (χ3n) is 5.57. The van der Waals surface area contributed by atoms with Crippen molar-refractivity contribution in [2.75, 3.05) is 5.32 Å². The van der Waals surface area contributed by atoms with Gasteiger partial charge in [-0.1, -0.05) is 107 Å². The molecule has 0 saturated heterocycles. The average Bonchev–Trinajstić information content (AvgIpc) is 3.15. The Hall–Kier alpha value is -3.37. The monoisotopic (exact) mass is 453 g/mol. The first kappa shape index (κ1) is 18.6. The third-order valence-corrected chi connectivity index (χ3v) is 6.23. The number of rotatable bonds is 4. The van der Waals surface area contributed by atoms with Gasteiger partial charge in [-0.15, -0.1) is 0 Å². The number of carbonyl (C=O) groups is 1. The summed E-state index contributed by atoms with van der Waals surface area (Å²) in [7, 11) is 0. The predicted octanol–water partition coefficient (Wildman–Crippen LogP) is 6.61. The van der Waals surface area contributed by atoms with Crippen LogP contribution in [0, 0.1) is 0 Å². The lowest BCUT2D eigenvalue weighted by molar-refractivity contribution is 0.256. The van der Waals surface area contributed by atoms with Crippen molar-refractivity contribution >= 4 is 33.3 Å². The van der Waals surface area contributed by atoms with E-state index in [4.69, 9.17) is 0 Å². The third kappa shape index (κ3) is 2.92. The average molecular weight is 454 g/mol. The van der Waals surface area contributed by atoms with Gasteiger partial charge < -0.3 is 5.32 Å². The largest absolute Gasteiger partial charge is 0.346 e. The van der Waals surface area contributed by atoms with E-state index < -0.39 is 5.41 Å². The van der Waals surface area contributed by atoms with Crippen LogP contribution in [0.4, 0.5) is 16.2 Å². The normalized spacial score (nSPS) is 12.8. The van der Waals surface area contributed by atoms with Crippen LogP contribution < -0.4 is 10.6 Å². The van der Waals surface area contributed by atoms with E-state index in [9.17, 15) is 4.79 Å². The number of carbonyl (C=O) groups excluding carboxylic acids is 1. The SMILES string of the molecule is O=C1[N]c2cc(Br)c(C(c3ccccc3)(c3ccccc3)c3ccccc3)cc2N1. The molecule has 0 atom stereocenters. The van der Waals surface area contributed by atoms with Crippen molar-refractivity contribution < 1.29 is 4.79 Å². The first-order chi connectivity index (χ1) is 14.7. The summed E-state index contributed by atoms with van der Waals surface area (Å²) in [5.41, 5.74) is 5.27. The molecular formula is C26H18BrN2O. The number of hydrogen-bond donors (Lipinski definition) is 1. The minimum Gasteiger partial charge on any atom is -0.304 e. The van der Waals surface area contributed by atoms with E-state index in [1.165, 1.54) is 0 Å². The second-order valence-electron chi connectivity index (χ2n) is 7.24. The van der Waals surface area contributed by atoms with Gasteiger partial charge >= 0.3 is 6.03 Å². The molecule has 4 aromatic carbocycles. The molecule has 30 heavy (non-hydrogen) atoms. The lowest BCUT2D eigenvalue weighted by Gasteiger charge is -2.37. The zero-order chi connectivity index (χ0) is 20.6. The van der Waals surface area contributed by atoms with Crippen LogP contribution in [0.1, 0.15) is 22.3 Å². The van der Waals surface area contributed by atoms with Gasteiger partial charge in [0.15, 0.2) is 0 Å². The first-order valence-electron chi connectivity index (χ1n) is 9.73. The minimum absolute atomic E-state index is 0.334. The zero-order valence-electron chi connectivity index (χ0n) is 16.0. The second kappa shape index (κ2) is 7.47. The first-order valence-corrected chi connectivity index (χ1v) is 10.5. The van der Waals surface area contributed by atoms with Crippen LogP contribution in [0.5, 0.6) is 0 Å². The molecular weight excluding hydrogens is 436 g/mol. The van der Waals surface area contributed by atoms with Crippen LogP contribution in [0.3, 0.4) is 0 Å². The Morgan fingerprint density at radius 2 is 1.17 bits per heavy atom. The lowest BCUT2D eigenvalue weighted by atomic mass is 9.65. The van der Waals surface area contributed by atoms with Crippen molar-refractivity contribution in [1.82, 2.24) is 5.32 Å². The van der Waals surface area contributed by atoms with Gasteiger partial charge in [0.25, 0.3) is 0 Å². The van der Waals surface area contributed by atoms with Gasteiger partial charge in [0.1, 0.15) is 0 Å². The van der Waals surface area contributed by atoms with Crippen LogP contribution in [-0.4, -0.2) is 6.03 Å². The molecule has 0 saturated carbocycles. The van der Waals surface area contributed by atoms with Crippen molar-refractivity contribution in [3.63, 3.8) is 0 Å². The van der Waals surface area contributed by atoms with Crippen molar-refractivity contribution in [2.45, 2.75) is 5.41 Å². The fourth-order valence-electron chi connectivity index (χ4n) is 4.33. The maximum Gasteiger partial charge on any atom is 0.346 e. The number of amides is 2. The number of anilines is 1. The second-order valence-corrected chi connectivity index (χ2v) is 8.09. The molecule has 1 aliphatic heterocycles. The van der Waals surface area contributed by atoms with Crippen LogP contribution in [-0.2, 0) is 5.41 Å². The Balaban J connectivity index is 1.91. The van der Waals surface area contributed by atoms with Gasteiger partial charge in [0.05, 0.1) is 16.8 Å². The number of urea groups is 1. The van der Waals surface area contributed by atoms with Gasteiger partial charge in [-0.2, -0.15) is 5.32 Å². The highest BCUT2D eigenvalue weighted by Gasteiger charge is 2.40. The predicted molar refractivity (Wildman–Crippen MR) is 123 cm³/mol. The Morgan fingerprint density at radius 3 is 1.63 bits per heavy atom. The molecule has 3 nitrogen and oxygen atoms in total. The number of nitrogens with one attached hydrogen (secondary N) is 1. The van der Waals surface area contributed by atoms with E-state index in [0.717, 1.165) is 32.4 Å². The molecule has 5 rings (SSSR count). The topological polar surface area (TPSA) is 43.2 Å².